The molecule has 15 heavy (non-hydrogen) atoms. The number of hydrogen-bond acceptors (Lipinski definition) is 5. The van der Waals surface area contributed by atoms with E-state index in [-0.39, 0.29) is 11.4 Å². The molecule has 76 valence electrons. The summed E-state index contributed by atoms with van der Waals surface area (Å²) in [7, 11) is 0. The van der Waals surface area contributed by atoms with E-state index in [1.807, 2.05) is 0 Å². The fourth-order valence-corrected chi connectivity index (χ4v) is 1.19. The van der Waals surface area contributed by atoms with Crippen LogP contribution in [0.2, 0.25) is 0 Å². The van der Waals surface area contributed by atoms with E-state index in [9.17, 15) is 5.21 Å². The predicted molar refractivity (Wildman–Crippen MR) is 52.9 cm³/mol. The molecule has 0 saturated heterocycles. The van der Waals surface area contributed by atoms with E-state index in [2.05, 4.69) is 9.97 Å². The zero-order valence-corrected chi connectivity index (χ0v) is 7.75. The number of rotatable bonds is 1. The molecular weight excluding hydrogens is 194 g/mol. The summed E-state index contributed by atoms with van der Waals surface area (Å²) in [6, 6.07) is 5.00. The first-order chi connectivity index (χ1) is 7.18. The zero-order valence-electron chi connectivity index (χ0n) is 7.75. The summed E-state index contributed by atoms with van der Waals surface area (Å²) in [6.07, 6.45) is 3.24. The summed E-state index contributed by atoms with van der Waals surface area (Å²) in [5.41, 5.74) is 6.52. The summed E-state index contributed by atoms with van der Waals surface area (Å²) in [4.78, 5) is 7.75. The Labute approximate surface area is 85.1 Å². The Hall–Kier alpha value is -2.37. The average Bonchev–Trinajstić information content (AvgIpc) is 2.26. The van der Waals surface area contributed by atoms with Crippen molar-refractivity contribution < 1.29 is 5.21 Å². The third-order valence-electron chi connectivity index (χ3n) is 1.93. The van der Waals surface area contributed by atoms with Gasteiger partial charge in [0.2, 0.25) is 0 Å². The Kier molecular flexibility index (Phi) is 2.09. The summed E-state index contributed by atoms with van der Waals surface area (Å²) in [5, 5.41) is 16.6. The van der Waals surface area contributed by atoms with E-state index in [4.69, 9.17) is 11.1 Å². The van der Waals surface area contributed by atoms with Crippen molar-refractivity contribution in [2.75, 3.05) is 5.73 Å². The van der Waals surface area contributed by atoms with Crippen molar-refractivity contribution in [3.63, 3.8) is 0 Å². The van der Waals surface area contributed by atoms with E-state index in [0.717, 1.165) is 5.56 Å². The molecule has 4 N–H and O–H groups in total. The third-order valence-corrected chi connectivity index (χ3v) is 1.93. The van der Waals surface area contributed by atoms with Crippen molar-refractivity contribution in [1.82, 2.24) is 14.7 Å². The first-order valence-corrected chi connectivity index (χ1v) is 4.22. The van der Waals surface area contributed by atoms with Crippen molar-refractivity contribution in [2.24, 2.45) is 0 Å². The second-order valence-electron chi connectivity index (χ2n) is 2.94. The van der Waals surface area contributed by atoms with Crippen LogP contribution in [0.3, 0.4) is 0 Å². The molecule has 0 radical (unpaired) electrons. The van der Waals surface area contributed by atoms with Crippen LogP contribution in [-0.4, -0.2) is 19.9 Å². The maximum Gasteiger partial charge on any atom is 0.258 e. The van der Waals surface area contributed by atoms with Gasteiger partial charge in [0.1, 0.15) is 5.82 Å². The molecule has 0 aliphatic carbocycles. The summed E-state index contributed by atoms with van der Waals surface area (Å²) < 4.78 is 0.519. The number of aromatic nitrogens is 3. The second kappa shape index (κ2) is 3.41. The van der Waals surface area contributed by atoms with Gasteiger partial charge in [0, 0.05) is 24.0 Å². The average molecular weight is 203 g/mol. The lowest BCUT2D eigenvalue weighted by atomic mass is 10.2. The topological polar surface area (TPSA) is 101 Å². The molecule has 0 amide bonds. The molecule has 0 unspecified atom stereocenters. The van der Waals surface area contributed by atoms with E-state index >= 15 is 0 Å². The van der Waals surface area contributed by atoms with Gasteiger partial charge >= 0.3 is 0 Å². The molecule has 0 spiro atoms. The molecule has 6 nitrogen and oxygen atoms in total. The van der Waals surface area contributed by atoms with Gasteiger partial charge in [-0.25, -0.2) is 4.98 Å². The van der Waals surface area contributed by atoms with E-state index in [1.165, 1.54) is 6.07 Å². The van der Waals surface area contributed by atoms with Gasteiger partial charge in [-0.2, -0.15) is 0 Å². The molecule has 0 aliphatic heterocycles. The molecule has 0 bridgehead atoms. The van der Waals surface area contributed by atoms with Crippen molar-refractivity contribution >= 4 is 5.82 Å². The number of nitrogens with one attached hydrogen (secondary N) is 1. The number of nitrogens with two attached hydrogens (primary N) is 1. The summed E-state index contributed by atoms with van der Waals surface area (Å²) in [6.45, 7) is 0. The fourth-order valence-electron chi connectivity index (χ4n) is 1.19. The molecule has 0 aliphatic rings. The fraction of sp³-hybridized carbons (Fsp3) is 0. The molecule has 2 aromatic rings. The van der Waals surface area contributed by atoms with Crippen LogP contribution >= 0.6 is 0 Å². The lowest BCUT2D eigenvalue weighted by molar-refractivity contribution is 0.172. The van der Waals surface area contributed by atoms with Crippen LogP contribution in [0.25, 0.3) is 11.3 Å². The van der Waals surface area contributed by atoms with E-state index in [0.29, 0.717) is 10.4 Å². The van der Waals surface area contributed by atoms with Gasteiger partial charge in [0.25, 0.3) is 5.62 Å². The highest BCUT2D eigenvalue weighted by Gasteiger charge is 2.03. The minimum Gasteiger partial charge on any atom is -0.423 e. The van der Waals surface area contributed by atoms with Crippen molar-refractivity contribution in [1.29, 1.82) is 5.41 Å². The van der Waals surface area contributed by atoms with E-state index in [1.54, 1.807) is 24.5 Å². The number of hydrogen-bond donors (Lipinski definition) is 3. The van der Waals surface area contributed by atoms with Crippen LogP contribution in [0.1, 0.15) is 0 Å². The largest absolute Gasteiger partial charge is 0.423 e. The van der Waals surface area contributed by atoms with Gasteiger partial charge in [-0.15, -0.1) is 4.73 Å². The Bertz CT molecular complexity index is 534. The Morgan fingerprint density at radius 1 is 1.33 bits per heavy atom. The Morgan fingerprint density at radius 3 is 2.60 bits per heavy atom. The highest BCUT2D eigenvalue weighted by Crippen LogP contribution is 2.15. The van der Waals surface area contributed by atoms with Crippen molar-refractivity contribution in [3.8, 4) is 11.3 Å². The molecule has 2 aromatic heterocycles. The molecule has 0 fully saturated rings. The molecular formula is C9H9N5O. The maximum atomic E-state index is 9.21. The molecule has 2 heterocycles. The van der Waals surface area contributed by atoms with Gasteiger partial charge in [-0.3, -0.25) is 10.4 Å². The minimum atomic E-state index is -0.304. The first-order valence-electron chi connectivity index (χ1n) is 4.22. The van der Waals surface area contributed by atoms with Gasteiger partial charge in [0.15, 0.2) is 0 Å². The number of nitrogen functional groups attached to an aromatic ring is 1. The summed E-state index contributed by atoms with van der Waals surface area (Å²) in [5.74, 6) is 0.0711. The highest BCUT2D eigenvalue weighted by atomic mass is 16.5. The van der Waals surface area contributed by atoms with Gasteiger partial charge < -0.3 is 10.9 Å². The van der Waals surface area contributed by atoms with Crippen LogP contribution in [0.15, 0.2) is 30.6 Å². The van der Waals surface area contributed by atoms with Crippen LogP contribution in [0.5, 0.6) is 0 Å². The standard InChI is InChI=1S/C9H9N5O/c10-8-5-7(13-9(11)14(8)15)6-1-3-12-4-2-6/h1-5,11,15H,10H2. The SMILES string of the molecule is N=c1nc(-c2ccncc2)cc(N)n1O. The third kappa shape index (κ3) is 1.64. The van der Waals surface area contributed by atoms with E-state index < -0.39 is 0 Å². The first kappa shape index (κ1) is 9.20. The molecule has 0 atom stereocenters. The lowest BCUT2D eigenvalue weighted by Gasteiger charge is -2.04. The van der Waals surface area contributed by atoms with Gasteiger partial charge in [-0.05, 0) is 12.1 Å². The monoisotopic (exact) mass is 203 g/mol. The molecule has 0 aromatic carbocycles. The molecule has 0 saturated carbocycles. The molecule has 6 heteroatoms. The maximum absolute atomic E-state index is 9.21. The van der Waals surface area contributed by atoms with Crippen molar-refractivity contribution in [2.45, 2.75) is 0 Å². The smallest absolute Gasteiger partial charge is 0.258 e. The van der Waals surface area contributed by atoms with Crippen LogP contribution < -0.4 is 11.4 Å². The Morgan fingerprint density at radius 2 is 2.00 bits per heavy atom. The normalized spacial score (nSPS) is 10.1. The quantitative estimate of drug-likeness (QED) is 0.578. The minimum absolute atomic E-state index is 0.0711. The Balaban J connectivity index is 2.61. The van der Waals surface area contributed by atoms with Gasteiger partial charge in [0.05, 0.1) is 5.69 Å². The number of nitrogens with zero attached hydrogens (tertiary/aromatic N) is 3. The van der Waals surface area contributed by atoms with Crippen LogP contribution in [-0.2, 0) is 0 Å². The second-order valence-corrected chi connectivity index (χ2v) is 2.94. The predicted octanol–water partition coefficient (Wildman–Crippen LogP) is 0.244. The lowest BCUT2D eigenvalue weighted by Crippen LogP contribution is -2.23. The number of anilines is 1. The highest BCUT2D eigenvalue weighted by molar-refractivity contribution is 5.60. The van der Waals surface area contributed by atoms with Crippen LogP contribution in [0.4, 0.5) is 5.82 Å². The van der Waals surface area contributed by atoms with Crippen molar-refractivity contribution in [3.05, 3.63) is 36.2 Å². The van der Waals surface area contributed by atoms with Crippen LogP contribution in [0, 0.1) is 5.41 Å². The summed E-state index contributed by atoms with van der Waals surface area (Å²) >= 11 is 0. The molecule has 2 rings (SSSR count). The zero-order chi connectivity index (χ0) is 10.8. The number of pyridine rings is 1. The van der Waals surface area contributed by atoms with Gasteiger partial charge in [-0.1, -0.05) is 0 Å².